The molecular weight excluding hydrogens is 310 g/mol. The van der Waals surface area contributed by atoms with E-state index in [2.05, 4.69) is 4.72 Å². The molecule has 4 nitrogen and oxygen atoms in total. The molecular formula is C15H16ClNO3S. The van der Waals surface area contributed by atoms with Gasteiger partial charge in [-0.15, -0.1) is 0 Å². The molecule has 1 heterocycles. The van der Waals surface area contributed by atoms with Gasteiger partial charge in [-0.05, 0) is 43.5 Å². The molecule has 0 fully saturated rings. The zero-order chi connectivity index (χ0) is 15.0. The lowest BCUT2D eigenvalue weighted by Gasteiger charge is -2.22. The van der Waals surface area contributed by atoms with Crippen molar-refractivity contribution in [2.45, 2.75) is 37.1 Å². The Balaban J connectivity index is 1.89. The Hall–Kier alpha value is -1.30. The predicted molar refractivity (Wildman–Crippen MR) is 80.9 cm³/mol. The van der Waals surface area contributed by atoms with Gasteiger partial charge in [0.1, 0.15) is 5.76 Å². The molecule has 2 aromatic rings. The van der Waals surface area contributed by atoms with E-state index >= 15 is 0 Å². The SMILES string of the molecule is Cc1ccc(S(=O)(=O)NC2CCCc3occc32)cc1Cl. The highest BCUT2D eigenvalue weighted by molar-refractivity contribution is 7.89. The molecule has 0 aliphatic heterocycles. The number of halogens is 1. The number of fused-ring (bicyclic) bond motifs is 1. The summed E-state index contributed by atoms with van der Waals surface area (Å²) in [5.74, 6) is 0.871. The van der Waals surface area contributed by atoms with Crippen LogP contribution in [0, 0.1) is 6.92 Å². The first-order chi connectivity index (χ1) is 9.97. The first-order valence-electron chi connectivity index (χ1n) is 6.82. The quantitative estimate of drug-likeness (QED) is 0.938. The molecule has 3 rings (SSSR count). The van der Waals surface area contributed by atoms with E-state index in [1.165, 1.54) is 6.07 Å². The highest BCUT2D eigenvalue weighted by Gasteiger charge is 2.27. The van der Waals surface area contributed by atoms with Gasteiger partial charge in [-0.2, -0.15) is 0 Å². The summed E-state index contributed by atoms with van der Waals surface area (Å²) in [6.45, 7) is 1.84. The highest BCUT2D eigenvalue weighted by atomic mass is 35.5. The minimum atomic E-state index is -3.60. The van der Waals surface area contributed by atoms with E-state index in [9.17, 15) is 8.42 Å². The van der Waals surface area contributed by atoms with Crippen molar-refractivity contribution >= 4 is 21.6 Å². The molecule has 1 unspecified atom stereocenters. The molecule has 1 aliphatic carbocycles. The van der Waals surface area contributed by atoms with Gasteiger partial charge < -0.3 is 4.42 Å². The summed E-state index contributed by atoms with van der Waals surface area (Å²) < 4.78 is 33.1. The van der Waals surface area contributed by atoms with E-state index in [4.69, 9.17) is 16.0 Å². The van der Waals surface area contributed by atoms with Crippen molar-refractivity contribution in [3.63, 3.8) is 0 Å². The summed E-state index contributed by atoms with van der Waals surface area (Å²) >= 11 is 6.02. The van der Waals surface area contributed by atoms with Crippen LogP contribution < -0.4 is 4.72 Å². The summed E-state index contributed by atoms with van der Waals surface area (Å²) in [4.78, 5) is 0.189. The predicted octanol–water partition coefficient (Wildman–Crippen LogP) is 3.60. The van der Waals surface area contributed by atoms with Crippen LogP contribution in [0.5, 0.6) is 0 Å². The summed E-state index contributed by atoms with van der Waals surface area (Å²) in [5.41, 5.74) is 1.79. The van der Waals surface area contributed by atoms with E-state index in [1.54, 1.807) is 18.4 Å². The second-order valence-corrected chi connectivity index (χ2v) is 7.40. The lowest BCUT2D eigenvalue weighted by atomic mass is 9.94. The monoisotopic (exact) mass is 325 g/mol. The number of nitrogens with one attached hydrogen (secondary N) is 1. The van der Waals surface area contributed by atoms with Crippen molar-refractivity contribution in [2.75, 3.05) is 0 Å². The smallest absolute Gasteiger partial charge is 0.241 e. The van der Waals surface area contributed by atoms with Crippen LogP contribution in [0.2, 0.25) is 5.02 Å². The Labute approximate surface area is 129 Å². The van der Waals surface area contributed by atoms with Crippen LogP contribution in [0.4, 0.5) is 0 Å². The van der Waals surface area contributed by atoms with Crippen LogP contribution in [-0.2, 0) is 16.4 Å². The zero-order valence-electron chi connectivity index (χ0n) is 11.6. The Bertz CT molecular complexity index is 767. The Kier molecular flexibility index (Phi) is 3.82. The Morgan fingerprint density at radius 3 is 2.90 bits per heavy atom. The first-order valence-corrected chi connectivity index (χ1v) is 8.68. The van der Waals surface area contributed by atoms with Gasteiger partial charge in [0, 0.05) is 17.0 Å². The molecule has 0 bridgehead atoms. The molecule has 1 aromatic carbocycles. The van der Waals surface area contributed by atoms with Crippen molar-refractivity contribution in [1.82, 2.24) is 4.72 Å². The summed E-state index contributed by atoms with van der Waals surface area (Å²) in [6, 6.07) is 6.36. The molecule has 0 saturated carbocycles. The van der Waals surface area contributed by atoms with E-state index in [0.717, 1.165) is 36.1 Å². The van der Waals surface area contributed by atoms with Crippen molar-refractivity contribution in [3.8, 4) is 0 Å². The Morgan fingerprint density at radius 1 is 1.33 bits per heavy atom. The van der Waals surface area contributed by atoms with Gasteiger partial charge >= 0.3 is 0 Å². The molecule has 21 heavy (non-hydrogen) atoms. The molecule has 1 N–H and O–H groups in total. The molecule has 0 radical (unpaired) electrons. The van der Waals surface area contributed by atoms with E-state index < -0.39 is 10.0 Å². The lowest BCUT2D eigenvalue weighted by molar-refractivity contribution is 0.438. The zero-order valence-corrected chi connectivity index (χ0v) is 13.2. The fourth-order valence-electron chi connectivity index (χ4n) is 2.60. The standard InChI is InChI=1S/C15H16ClNO3S/c1-10-5-6-11(9-13(10)16)21(18,19)17-14-3-2-4-15-12(14)7-8-20-15/h5-9,14,17H,2-4H2,1H3. The Morgan fingerprint density at radius 2 is 2.14 bits per heavy atom. The van der Waals surface area contributed by atoms with Crippen LogP contribution >= 0.6 is 11.6 Å². The number of rotatable bonds is 3. The van der Waals surface area contributed by atoms with Crippen molar-refractivity contribution < 1.29 is 12.8 Å². The normalized spacial score (nSPS) is 18.5. The summed E-state index contributed by atoms with van der Waals surface area (Å²) in [6.07, 6.45) is 4.14. The largest absolute Gasteiger partial charge is 0.469 e. The second kappa shape index (κ2) is 5.48. The van der Waals surface area contributed by atoms with Crippen molar-refractivity contribution in [2.24, 2.45) is 0 Å². The van der Waals surface area contributed by atoms with Crippen molar-refractivity contribution in [3.05, 3.63) is 52.4 Å². The minimum Gasteiger partial charge on any atom is -0.469 e. The third-order valence-electron chi connectivity index (χ3n) is 3.80. The average Bonchev–Trinajstić information content (AvgIpc) is 2.91. The van der Waals surface area contributed by atoms with Gasteiger partial charge in [0.2, 0.25) is 10.0 Å². The number of hydrogen-bond donors (Lipinski definition) is 1. The molecule has 0 saturated heterocycles. The number of hydrogen-bond acceptors (Lipinski definition) is 3. The van der Waals surface area contributed by atoms with Gasteiger partial charge in [0.05, 0.1) is 17.2 Å². The number of furan rings is 1. The fourth-order valence-corrected chi connectivity index (χ4v) is 4.13. The first kappa shape index (κ1) is 14.6. The van der Waals surface area contributed by atoms with Gasteiger partial charge in [-0.25, -0.2) is 13.1 Å². The van der Waals surface area contributed by atoms with Crippen LogP contribution in [0.3, 0.4) is 0 Å². The third-order valence-corrected chi connectivity index (χ3v) is 5.68. The third kappa shape index (κ3) is 2.86. The molecule has 0 amide bonds. The van der Waals surface area contributed by atoms with Gasteiger partial charge in [-0.1, -0.05) is 17.7 Å². The van der Waals surface area contributed by atoms with E-state index in [1.807, 2.05) is 13.0 Å². The number of sulfonamides is 1. The van der Waals surface area contributed by atoms with Crippen LogP contribution in [0.1, 0.15) is 35.8 Å². The maximum atomic E-state index is 12.5. The maximum Gasteiger partial charge on any atom is 0.241 e. The van der Waals surface area contributed by atoms with Crippen LogP contribution in [0.25, 0.3) is 0 Å². The highest BCUT2D eigenvalue weighted by Crippen LogP contribution is 2.32. The number of aryl methyl sites for hydroxylation is 2. The van der Waals surface area contributed by atoms with Crippen LogP contribution in [-0.4, -0.2) is 8.42 Å². The summed E-state index contributed by atoms with van der Waals surface area (Å²) in [7, 11) is -3.60. The molecule has 1 aromatic heterocycles. The maximum absolute atomic E-state index is 12.5. The molecule has 0 spiro atoms. The molecule has 112 valence electrons. The van der Waals surface area contributed by atoms with E-state index in [-0.39, 0.29) is 10.9 Å². The lowest BCUT2D eigenvalue weighted by Crippen LogP contribution is -2.30. The van der Waals surface area contributed by atoms with Gasteiger partial charge in [0.25, 0.3) is 0 Å². The molecule has 6 heteroatoms. The molecule has 1 aliphatic rings. The summed E-state index contributed by atoms with van der Waals surface area (Å²) in [5, 5.41) is 0.450. The average molecular weight is 326 g/mol. The van der Waals surface area contributed by atoms with Gasteiger partial charge in [-0.3, -0.25) is 0 Å². The fraction of sp³-hybridized carbons (Fsp3) is 0.333. The van der Waals surface area contributed by atoms with E-state index in [0.29, 0.717) is 5.02 Å². The number of benzene rings is 1. The van der Waals surface area contributed by atoms with Crippen LogP contribution in [0.15, 0.2) is 39.8 Å². The van der Waals surface area contributed by atoms with Gasteiger partial charge in [0.15, 0.2) is 0 Å². The van der Waals surface area contributed by atoms with Crippen molar-refractivity contribution in [1.29, 1.82) is 0 Å². The minimum absolute atomic E-state index is 0.189. The topological polar surface area (TPSA) is 59.3 Å². The second-order valence-electron chi connectivity index (χ2n) is 5.28. The molecule has 1 atom stereocenters.